The van der Waals surface area contributed by atoms with Gasteiger partial charge in [0.2, 0.25) is 5.91 Å². The monoisotopic (exact) mass is 368 g/mol. The molecule has 1 unspecified atom stereocenters. The number of hydrogen-bond donors (Lipinski definition) is 2. The van der Waals surface area contributed by atoms with Gasteiger partial charge in [0.25, 0.3) is 0 Å². The van der Waals surface area contributed by atoms with Crippen LogP contribution in [0.25, 0.3) is 10.9 Å². The quantitative estimate of drug-likeness (QED) is 0.463. The van der Waals surface area contributed by atoms with Gasteiger partial charge in [-0.05, 0) is 35.1 Å². The van der Waals surface area contributed by atoms with E-state index in [-0.39, 0.29) is 11.8 Å². The first-order valence-electron chi connectivity index (χ1n) is 9.70. The summed E-state index contributed by atoms with van der Waals surface area (Å²) in [7, 11) is 0. The number of carbonyl (C=O) groups excluding carboxylic acids is 1. The number of fused-ring (bicyclic) bond motifs is 1. The van der Waals surface area contributed by atoms with Crippen molar-refractivity contribution >= 4 is 16.8 Å². The highest BCUT2D eigenvalue weighted by Gasteiger charge is 2.20. The number of aromatic amines is 1. The number of rotatable bonds is 7. The lowest BCUT2D eigenvalue weighted by atomic mass is 9.88. The van der Waals surface area contributed by atoms with Crippen LogP contribution in [0.3, 0.4) is 0 Å². The molecule has 4 aromatic rings. The van der Waals surface area contributed by atoms with E-state index in [0.29, 0.717) is 13.0 Å². The average molecular weight is 368 g/mol. The van der Waals surface area contributed by atoms with Gasteiger partial charge >= 0.3 is 0 Å². The van der Waals surface area contributed by atoms with E-state index in [1.54, 1.807) is 0 Å². The van der Waals surface area contributed by atoms with E-state index < -0.39 is 0 Å². The largest absolute Gasteiger partial charge is 0.361 e. The molecule has 0 aliphatic carbocycles. The predicted molar refractivity (Wildman–Crippen MR) is 114 cm³/mol. The molecule has 0 spiro atoms. The molecule has 1 heterocycles. The molecule has 28 heavy (non-hydrogen) atoms. The summed E-state index contributed by atoms with van der Waals surface area (Å²) >= 11 is 0. The summed E-state index contributed by atoms with van der Waals surface area (Å²) in [5.41, 5.74) is 4.67. The van der Waals surface area contributed by atoms with E-state index in [2.05, 4.69) is 59.0 Å². The van der Waals surface area contributed by atoms with Gasteiger partial charge in [-0.3, -0.25) is 4.79 Å². The highest BCUT2D eigenvalue weighted by Crippen LogP contribution is 2.30. The van der Waals surface area contributed by atoms with Crippen molar-refractivity contribution in [1.29, 1.82) is 0 Å². The van der Waals surface area contributed by atoms with Gasteiger partial charge in [0.05, 0.1) is 0 Å². The lowest BCUT2D eigenvalue weighted by molar-refractivity contribution is -0.121. The molecule has 140 valence electrons. The van der Waals surface area contributed by atoms with Gasteiger partial charge in [0, 0.05) is 30.1 Å². The Morgan fingerprint density at radius 3 is 2.21 bits per heavy atom. The Bertz CT molecular complexity index is 1040. The topological polar surface area (TPSA) is 44.9 Å². The fraction of sp³-hybridized carbons (Fsp3) is 0.160. The van der Waals surface area contributed by atoms with Gasteiger partial charge in [-0.25, -0.2) is 0 Å². The zero-order valence-corrected chi connectivity index (χ0v) is 15.8. The number of nitrogens with one attached hydrogen (secondary N) is 2. The van der Waals surface area contributed by atoms with Crippen LogP contribution in [0.1, 0.15) is 29.0 Å². The summed E-state index contributed by atoms with van der Waals surface area (Å²) in [5, 5.41) is 4.27. The van der Waals surface area contributed by atoms with Crippen molar-refractivity contribution in [2.24, 2.45) is 0 Å². The SMILES string of the molecule is O=C(CC(Cc1ccccc1)c1c[nH]c2ccccc12)NCc1ccccc1. The molecule has 0 saturated carbocycles. The number of benzene rings is 3. The molecular formula is C25H24N2O. The molecule has 1 amide bonds. The van der Waals surface area contributed by atoms with Crippen molar-refractivity contribution in [1.82, 2.24) is 10.3 Å². The van der Waals surface area contributed by atoms with Gasteiger partial charge in [-0.15, -0.1) is 0 Å². The van der Waals surface area contributed by atoms with Crippen molar-refractivity contribution in [2.75, 3.05) is 0 Å². The number of amides is 1. The molecule has 0 aliphatic heterocycles. The average Bonchev–Trinajstić information content (AvgIpc) is 3.17. The first kappa shape index (κ1) is 18.1. The van der Waals surface area contributed by atoms with Crippen LogP contribution >= 0.6 is 0 Å². The number of aromatic nitrogens is 1. The zero-order chi connectivity index (χ0) is 19.2. The van der Waals surface area contributed by atoms with Crippen molar-refractivity contribution < 1.29 is 4.79 Å². The molecule has 0 aliphatic rings. The minimum absolute atomic E-state index is 0.0788. The van der Waals surface area contributed by atoms with E-state index in [1.807, 2.05) is 42.5 Å². The summed E-state index contributed by atoms with van der Waals surface area (Å²) in [4.78, 5) is 16.1. The Kier molecular flexibility index (Phi) is 5.53. The Hall–Kier alpha value is -3.33. The summed E-state index contributed by atoms with van der Waals surface area (Å²) in [6.07, 6.45) is 3.35. The number of H-pyrrole nitrogens is 1. The molecule has 4 rings (SSSR count). The van der Waals surface area contributed by atoms with Crippen LogP contribution in [0.4, 0.5) is 0 Å². The van der Waals surface area contributed by atoms with E-state index in [0.717, 1.165) is 17.5 Å². The van der Waals surface area contributed by atoms with Crippen LogP contribution in [-0.2, 0) is 17.8 Å². The number of para-hydroxylation sites is 1. The van der Waals surface area contributed by atoms with E-state index in [1.165, 1.54) is 16.5 Å². The van der Waals surface area contributed by atoms with Gasteiger partial charge < -0.3 is 10.3 Å². The van der Waals surface area contributed by atoms with Crippen LogP contribution in [0.2, 0.25) is 0 Å². The van der Waals surface area contributed by atoms with Crippen molar-refractivity contribution in [3.8, 4) is 0 Å². The van der Waals surface area contributed by atoms with Crippen molar-refractivity contribution in [3.05, 3.63) is 108 Å². The Morgan fingerprint density at radius 1 is 0.821 bits per heavy atom. The molecule has 2 N–H and O–H groups in total. The van der Waals surface area contributed by atoms with Crippen LogP contribution in [0, 0.1) is 0 Å². The number of hydrogen-bond acceptors (Lipinski definition) is 1. The van der Waals surface area contributed by atoms with E-state index >= 15 is 0 Å². The molecule has 1 atom stereocenters. The molecule has 3 heteroatoms. The smallest absolute Gasteiger partial charge is 0.220 e. The second kappa shape index (κ2) is 8.57. The predicted octanol–water partition coefficient (Wildman–Crippen LogP) is 5.20. The summed E-state index contributed by atoms with van der Waals surface area (Å²) in [6, 6.07) is 28.7. The Morgan fingerprint density at radius 2 is 1.46 bits per heavy atom. The fourth-order valence-electron chi connectivity index (χ4n) is 3.71. The molecule has 3 nitrogen and oxygen atoms in total. The van der Waals surface area contributed by atoms with E-state index in [4.69, 9.17) is 0 Å². The summed E-state index contributed by atoms with van der Waals surface area (Å²) in [5.74, 6) is 0.199. The first-order chi connectivity index (χ1) is 13.8. The van der Waals surface area contributed by atoms with Gasteiger partial charge in [0.15, 0.2) is 0 Å². The maximum Gasteiger partial charge on any atom is 0.220 e. The third-order valence-electron chi connectivity index (χ3n) is 5.15. The summed E-state index contributed by atoms with van der Waals surface area (Å²) in [6.45, 7) is 0.561. The highest BCUT2D eigenvalue weighted by atomic mass is 16.1. The molecule has 0 fully saturated rings. The van der Waals surface area contributed by atoms with Crippen LogP contribution in [0.5, 0.6) is 0 Å². The van der Waals surface area contributed by atoms with Crippen LogP contribution in [0.15, 0.2) is 91.1 Å². The third-order valence-corrected chi connectivity index (χ3v) is 5.15. The van der Waals surface area contributed by atoms with E-state index in [9.17, 15) is 4.79 Å². The van der Waals surface area contributed by atoms with Gasteiger partial charge in [-0.2, -0.15) is 0 Å². The van der Waals surface area contributed by atoms with Gasteiger partial charge in [-0.1, -0.05) is 78.9 Å². The zero-order valence-electron chi connectivity index (χ0n) is 15.8. The lowest BCUT2D eigenvalue weighted by Gasteiger charge is -2.17. The first-order valence-corrected chi connectivity index (χ1v) is 9.70. The second-order valence-corrected chi connectivity index (χ2v) is 7.14. The van der Waals surface area contributed by atoms with Gasteiger partial charge in [0.1, 0.15) is 0 Å². The molecule has 1 aromatic heterocycles. The Balaban J connectivity index is 1.53. The standard InChI is InChI=1S/C25H24N2O/c28-25(27-17-20-11-5-2-6-12-20)16-21(15-19-9-3-1-4-10-19)23-18-26-24-14-8-7-13-22(23)24/h1-14,18,21,26H,15-17H2,(H,27,28). The normalized spacial score (nSPS) is 12.0. The summed E-state index contributed by atoms with van der Waals surface area (Å²) < 4.78 is 0. The van der Waals surface area contributed by atoms with Crippen LogP contribution in [-0.4, -0.2) is 10.9 Å². The molecule has 0 saturated heterocycles. The second-order valence-electron chi connectivity index (χ2n) is 7.14. The fourth-order valence-corrected chi connectivity index (χ4v) is 3.71. The molecule has 0 radical (unpaired) electrons. The minimum Gasteiger partial charge on any atom is -0.361 e. The molecule has 0 bridgehead atoms. The number of carbonyl (C=O) groups is 1. The van der Waals surface area contributed by atoms with Crippen LogP contribution < -0.4 is 5.32 Å². The maximum absolute atomic E-state index is 12.7. The van der Waals surface area contributed by atoms with Crippen molar-refractivity contribution in [2.45, 2.75) is 25.3 Å². The Labute approximate surface area is 165 Å². The van der Waals surface area contributed by atoms with Crippen molar-refractivity contribution in [3.63, 3.8) is 0 Å². The lowest BCUT2D eigenvalue weighted by Crippen LogP contribution is -2.25. The highest BCUT2D eigenvalue weighted by molar-refractivity contribution is 5.85. The molecule has 3 aromatic carbocycles. The minimum atomic E-state index is 0.0788. The third kappa shape index (κ3) is 4.32. The molecular weight excluding hydrogens is 344 g/mol. The maximum atomic E-state index is 12.7.